The second-order valence-corrected chi connectivity index (χ2v) is 9.59. The summed E-state index contributed by atoms with van der Waals surface area (Å²) in [5.41, 5.74) is 3.08. The molecule has 5 nitrogen and oxygen atoms in total. The van der Waals surface area contributed by atoms with E-state index in [1.165, 1.54) is 11.3 Å². The van der Waals surface area contributed by atoms with Gasteiger partial charge < -0.3 is 9.47 Å². The standard InChI is InChI=1S/C27H20Cl2N2O3S/c1-2-7-17-8-3-6-11-23(17)33-12-13-34-25-18(14-19(28)16-20(25)29)15-24-26(32)31-22-10-5-4-9-21(22)30-27(31)35-24/h2-6,8-11,14-16H,1,7,12-13H2. The Kier molecular flexibility index (Phi) is 6.77. The molecule has 0 saturated heterocycles. The Hall–Kier alpha value is -3.32. The third-order valence-corrected chi connectivity index (χ3v) is 6.86. The molecule has 0 bridgehead atoms. The summed E-state index contributed by atoms with van der Waals surface area (Å²) in [4.78, 5) is 18.4. The summed E-state index contributed by atoms with van der Waals surface area (Å²) >= 11 is 14.0. The van der Waals surface area contributed by atoms with Crippen molar-refractivity contribution in [3.8, 4) is 11.5 Å². The summed E-state index contributed by atoms with van der Waals surface area (Å²) in [7, 11) is 0. The van der Waals surface area contributed by atoms with Gasteiger partial charge in [-0.1, -0.05) is 70.9 Å². The van der Waals surface area contributed by atoms with Crippen molar-refractivity contribution >= 4 is 56.6 Å². The highest BCUT2D eigenvalue weighted by Gasteiger charge is 2.14. The molecule has 2 aromatic heterocycles. The Morgan fingerprint density at radius 1 is 1.03 bits per heavy atom. The topological polar surface area (TPSA) is 52.8 Å². The molecular weight excluding hydrogens is 503 g/mol. The largest absolute Gasteiger partial charge is 0.490 e. The van der Waals surface area contributed by atoms with Crippen LogP contribution >= 0.6 is 34.5 Å². The molecule has 8 heteroatoms. The van der Waals surface area contributed by atoms with Gasteiger partial charge in [-0.25, -0.2) is 9.38 Å². The smallest absolute Gasteiger partial charge is 0.274 e. The summed E-state index contributed by atoms with van der Waals surface area (Å²) in [6.07, 6.45) is 4.29. The van der Waals surface area contributed by atoms with Crippen molar-refractivity contribution in [2.45, 2.75) is 6.42 Å². The predicted octanol–water partition coefficient (Wildman–Crippen LogP) is 5.95. The van der Waals surface area contributed by atoms with Crippen LogP contribution < -0.4 is 19.6 Å². The number of nitrogens with zero attached hydrogens (tertiary/aromatic N) is 2. The lowest BCUT2D eigenvalue weighted by Gasteiger charge is -2.14. The number of fused-ring (bicyclic) bond motifs is 3. The Balaban J connectivity index is 1.42. The first-order chi connectivity index (χ1) is 17.0. The molecule has 0 atom stereocenters. The van der Waals surface area contributed by atoms with Gasteiger partial charge in [0.15, 0.2) is 4.96 Å². The molecule has 0 amide bonds. The molecule has 0 aliphatic rings. The van der Waals surface area contributed by atoms with Crippen molar-refractivity contribution < 1.29 is 9.47 Å². The van der Waals surface area contributed by atoms with Crippen LogP contribution in [0.4, 0.5) is 0 Å². The van der Waals surface area contributed by atoms with E-state index in [0.29, 0.717) is 37.5 Å². The SMILES string of the molecule is C=CCc1ccccc1OCCOc1c(Cl)cc(Cl)cc1C=c1sc2nc3ccccc3n2c1=O. The minimum Gasteiger partial charge on any atom is -0.490 e. The van der Waals surface area contributed by atoms with Crippen LogP contribution in [-0.4, -0.2) is 22.6 Å². The second kappa shape index (κ2) is 10.1. The molecule has 3 aromatic carbocycles. The van der Waals surface area contributed by atoms with E-state index in [1.54, 1.807) is 22.6 Å². The molecule has 0 aliphatic carbocycles. The fourth-order valence-electron chi connectivity index (χ4n) is 3.86. The maximum atomic E-state index is 13.2. The number of aromatic nitrogens is 2. The molecule has 0 aliphatic heterocycles. The van der Waals surface area contributed by atoms with E-state index in [9.17, 15) is 4.79 Å². The molecule has 2 heterocycles. The average molecular weight is 523 g/mol. The van der Waals surface area contributed by atoms with Crippen LogP contribution in [0.3, 0.4) is 0 Å². The number of para-hydroxylation sites is 3. The first-order valence-corrected chi connectivity index (χ1v) is 12.5. The molecule has 0 spiro atoms. The number of rotatable bonds is 8. The third kappa shape index (κ3) is 4.78. The van der Waals surface area contributed by atoms with Gasteiger partial charge in [-0.05, 0) is 48.4 Å². The number of hydrogen-bond donors (Lipinski definition) is 0. The summed E-state index contributed by atoms with van der Waals surface area (Å²) < 4.78 is 14.0. The summed E-state index contributed by atoms with van der Waals surface area (Å²) in [5.74, 6) is 1.23. The van der Waals surface area contributed by atoms with Crippen molar-refractivity contribution in [2.24, 2.45) is 0 Å². The van der Waals surface area contributed by atoms with Gasteiger partial charge in [-0.3, -0.25) is 4.79 Å². The maximum Gasteiger partial charge on any atom is 0.274 e. The lowest BCUT2D eigenvalue weighted by Crippen LogP contribution is -2.22. The van der Waals surface area contributed by atoms with Gasteiger partial charge in [0, 0.05) is 10.6 Å². The van der Waals surface area contributed by atoms with Gasteiger partial charge in [-0.2, -0.15) is 0 Å². The monoisotopic (exact) mass is 522 g/mol. The number of benzene rings is 3. The van der Waals surface area contributed by atoms with Gasteiger partial charge >= 0.3 is 0 Å². The van der Waals surface area contributed by atoms with Crippen molar-refractivity contribution in [1.29, 1.82) is 0 Å². The van der Waals surface area contributed by atoms with Crippen LogP contribution in [0.2, 0.25) is 10.0 Å². The molecular formula is C27H20Cl2N2O3S. The lowest BCUT2D eigenvalue weighted by atomic mass is 10.1. The minimum atomic E-state index is -0.150. The van der Waals surface area contributed by atoms with Gasteiger partial charge in [-0.15, -0.1) is 6.58 Å². The zero-order valence-electron chi connectivity index (χ0n) is 18.5. The third-order valence-electron chi connectivity index (χ3n) is 5.39. The Morgan fingerprint density at radius 3 is 2.66 bits per heavy atom. The minimum absolute atomic E-state index is 0.150. The molecule has 0 N–H and O–H groups in total. The second-order valence-electron chi connectivity index (χ2n) is 7.74. The number of thiazole rings is 1. The summed E-state index contributed by atoms with van der Waals surface area (Å²) in [5, 5.41) is 0.803. The molecule has 176 valence electrons. The highest BCUT2D eigenvalue weighted by molar-refractivity contribution is 7.15. The molecule has 0 radical (unpaired) electrons. The maximum absolute atomic E-state index is 13.2. The van der Waals surface area contributed by atoms with Crippen LogP contribution in [0.5, 0.6) is 11.5 Å². The summed E-state index contributed by atoms with van der Waals surface area (Å²) in [6, 6.07) is 18.7. The fraction of sp³-hybridized carbons (Fsp3) is 0.111. The van der Waals surface area contributed by atoms with Crippen molar-refractivity contribution in [2.75, 3.05) is 13.2 Å². The number of halogens is 2. The van der Waals surface area contributed by atoms with E-state index in [0.717, 1.165) is 28.8 Å². The highest BCUT2D eigenvalue weighted by Crippen LogP contribution is 2.33. The van der Waals surface area contributed by atoms with E-state index in [4.69, 9.17) is 32.7 Å². The van der Waals surface area contributed by atoms with Crippen LogP contribution in [-0.2, 0) is 6.42 Å². The number of imidazole rings is 1. The molecule has 0 saturated carbocycles. The molecule has 0 unspecified atom stereocenters. The van der Waals surface area contributed by atoms with E-state index in [-0.39, 0.29) is 12.2 Å². The van der Waals surface area contributed by atoms with E-state index >= 15 is 0 Å². The van der Waals surface area contributed by atoms with Crippen molar-refractivity contribution in [1.82, 2.24) is 9.38 Å². The quantitative estimate of drug-likeness (QED) is 0.186. The molecule has 5 aromatic rings. The predicted molar refractivity (Wildman–Crippen MR) is 143 cm³/mol. The Labute approximate surface area is 215 Å². The highest BCUT2D eigenvalue weighted by atomic mass is 35.5. The number of ether oxygens (including phenoxy) is 2. The zero-order valence-corrected chi connectivity index (χ0v) is 20.9. The zero-order chi connectivity index (χ0) is 24.4. The fourth-order valence-corrected chi connectivity index (χ4v) is 5.40. The van der Waals surface area contributed by atoms with Crippen LogP contribution in [0.25, 0.3) is 22.1 Å². The first kappa shape index (κ1) is 23.4. The first-order valence-electron chi connectivity index (χ1n) is 10.9. The molecule has 5 rings (SSSR count). The Bertz CT molecular complexity index is 1660. The molecule has 0 fully saturated rings. The van der Waals surface area contributed by atoms with Gasteiger partial charge in [0.1, 0.15) is 24.7 Å². The van der Waals surface area contributed by atoms with Crippen LogP contribution in [0.15, 0.2) is 78.1 Å². The van der Waals surface area contributed by atoms with E-state index in [1.807, 2.05) is 54.6 Å². The van der Waals surface area contributed by atoms with Gasteiger partial charge in [0.2, 0.25) is 0 Å². The van der Waals surface area contributed by atoms with E-state index in [2.05, 4.69) is 11.6 Å². The Morgan fingerprint density at radius 2 is 1.80 bits per heavy atom. The van der Waals surface area contributed by atoms with Crippen LogP contribution in [0.1, 0.15) is 11.1 Å². The number of hydrogen-bond acceptors (Lipinski definition) is 5. The van der Waals surface area contributed by atoms with Crippen molar-refractivity contribution in [3.05, 3.63) is 109 Å². The average Bonchev–Trinajstić information content (AvgIpc) is 3.35. The van der Waals surface area contributed by atoms with Crippen molar-refractivity contribution in [3.63, 3.8) is 0 Å². The lowest BCUT2D eigenvalue weighted by molar-refractivity contribution is 0.216. The van der Waals surface area contributed by atoms with E-state index < -0.39 is 0 Å². The molecule has 35 heavy (non-hydrogen) atoms. The number of allylic oxidation sites excluding steroid dienone is 1. The van der Waals surface area contributed by atoms with Gasteiger partial charge in [0.05, 0.1) is 20.6 Å². The summed E-state index contributed by atoms with van der Waals surface area (Å²) in [6.45, 7) is 4.36. The van der Waals surface area contributed by atoms with Crippen LogP contribution in [0, 0.1) is 0 Å². The van der Waals surface area contributed by atoms with Gasteiger partial charge in [0.25, 0.3) is 5.56 Å². The normalized spacial score (nSPS) is 11.9.